The van der Waals surface area contributed by atoms with Crippen LogP contribution in [0.15, 0.2) is 48.7 Å². The third kappa shape index (κ3) is 3.89. The zero-order chi connectivity index (χ0) is 16.9. The minimum absolute atomic E-state index is 0.211. The first-order chi connectivity index (χ1) is 11.6. The Balaban J connectivity index is 1.76. The Kier molecular flexibility index (Phi) is 4.42. The number of amides is 1. The van der Waals surface area contributed by atoms with Crippen LogP contribution in [-0.4, -0.2) is 25.8 Å². The van der Waals surface area contributed by atoms with E-state index < -0.39 is 0 Å². The van der Waals surface area contributed by atoms with Gasteiger partial charge in [-0.3, -0.25) is 15.1 Å². The highest BCUT2D eigenvalue weighted by atomic mass is 16.1. The number of nitrogen functional groups attached to an aromatic ring is 1. The molecule has 3 rings (SSSR count). The number of nitrogens with zero attached hydrogens (tertiary/aromatic N) is 4. The van der Waals surface area contributed by atoms with Gasteiger partial charge in [0.05, 0.1) is 6.42 Å². The summed E-state index contributed by atoms with van der Waals surface area (Å²) in [4.78, 5) is 29.0. The minimum Gasteiger partial charge on any atom is -0.399 e. The molecule has 0 fully saturated rings. The summed E-state index contributed by atoms with van der Waals surface area (Å²) >= 11 is 0. The number of nitrogens with one attached hydrogen (secondary N) is 1. The molecule has 3 N–H and O–H groups in total. The molecule has 24 heavy (non-hydrogen) atoms. The molecular formula is C17H16N6O. The van der Waals surface area contributed by atoms with Crippen LogP contribution in [0.4, 0.5) is 11.6 Å². The van der Waals surface area contributed by atoms with Gasteiger partial charge in [0, 0.05) is 11.9 Å². The van der Waals surface area contributed by atoms with E-state index in [-0.39, 0.29) is 18.3 Å². The Labute approximate surface area is 139 Å². The lowest BCUT2D eigenvalue weighted by Crippen LogP contribution is -2.17. The fraction of sp³-hybridized carbons (Fsp3) is 0.118. The normalized spacial score (nSPS) is 10.4. The molecule has 0 bridgehead atoms. The van der Waals surface area contributed by atoms with Gasteiger partial charge in [-0.25, -0.2) is 4.98 Å². The number of anilines is 2. The van der Waals surface area contributed by atoms with Crippen LogP contribution in [0.2, 0.25) is 0 Å². The second-order valence-corrected chi connectivity index (χ2v) is 5.21. The van der Waals surface area contributed by atoms with Gasteiger partial charge in [-0.05, 0) is 36.8 Å². The number of carbonyl (C=O) groups is 1. The summed E-state index contributed by atoms with van der Waals surface area (Å²) in [7, 11) is 0. The van der Waals surface area contributed by atoms with Crippen LogP contribution in [-0.2, 0) is 11.2 Å². The molecule has 1 aromatic carbocycles. The van der Waals surface area contributed by atoms with Crippen LogP contribution >= 0.6 is 0 Å². The molecular weight excluding hydrogens is 304 g/mol. The first kappa shape index (κ1) is 15.5. The maximum Gasteiger partial charge on any atom is 0.233 e. The van der Waals surface area contributed by atoms with Gasteiger partial charge in [0.2, 0.25) is 11.9 Å². The van der Waals surface area contributed by atoms with E-state index in [2.05, 4.69) is 25.3 Å². The molecule has 0 unspecified atom stereocenters. The van der Waals surface area contributed by atoms with Crippen LogP contribution in [0, 0.1) is 6.92 Å². The molecule has 0 aliphatic heterocycles. The second kappa shape index (κ2) is 6.82. The SMILES string of the molecule is Cc1nc(NC(=O)Cc2ccc(N)cc2)nc(-c2ccccn2)n1. The molecule has 0 saturated heterocycles. The molecule has 0 spiro atoms. The third-order valence-electron chi connectivity index (χ3n) is 3.24. The topological polar surface area (TPSA) is 107 Å². The van der Waals surface area contributed by atoms with E-state index in [9.17, 15) is 4.79 Å². The lowest BCUT2D eigenvalue weighted by molar-refractivity contribution is -0.115. The summed E-state index contributed by atoms with van der Waals surface area (Å²) in [5.74, 6) is 0.931. The van der Waals surface area contributed by atoms with Crippen molar-refractivity contribution in [1.29, 1.82) is 0 Å². The van der Waals surface area contributed by atoms with Crippen molar-refractivity contribution in [2.24, 2.45) is 0 Å². The predicted molar refractivity (Wildman–Crippen MR) is 91.0 cm³/mol. The lowest BCUT2D eigenvalue weighted by Gasteiger charge is -2.07. The van der Waals surface area contributed by atoms with Crippen LogP contribution in [0.1, 0.15) is 11.4 Å². The summed E-state index contributed by atoms with van der Waals surface area (Å²) in [5, 5.41) is 2.70. The Hall–Kier alpha value is -3.35. The largest absolute Gasteiger partial charge is 0.399 e. The molecule has 0 aliphatic carbocycles. The number of carbonyl (C=O) groups excluding carboxylic acids is 1. The second-order valence-electron chi connectivity index (χ2n) is 5.21. The van der Waals surface area contributed by atoms with E-state index in [1.54, 1.807) is 31.3 Å². The first-order valence-corrected chi connectivity index (χ1v) is 7.38. The van der Waals surface area contributed by atoms with Gasteiger partial charge in [-0.1, -0.05) is 18.2 Å². The Morgan fingerprint density at radius 1 is 1.08 bits per heavy atom. The first-order valence-electron chi connectivity index (χ1n) is 7.38. The number of aromatic nitrogens is 4. The number of pyridine rings is 1. The van der Waals surface area contributed by atoms with Crippen molar-refractivity contribution in [2.45, 2.75) is 13.3 Å². The van der Waals surface area contributed by atoms with Crippen molar-refractivity contribution < 1.29 is 4.79 Å². The van der Waals surface area contributed by atoms with E-state index in [0.29, 0.717) is 23.0 Å². The summed E-state index contributed by atoms with van der Waals surface area (Å²) < 4.78 is 0. The van der Waals surface area contributed by atoms with E-state index in [1.165, 1.54) is 0 Å². The number of rotatable bonds is 4. The van der Waals surface area contributed by atoms with Crippen molar-refractivity contribution >= 4 is 17.5 Å². The van der Waals surface area contributed by atoms with E-state index in [4.69, 9.17) is 5.73 Å². The van der Waals surface area contributed by atoms with Gasteiger partial charge in [-0.15, -0.1) is 0 Å². The highest BCUT2D eigenvalue weighted by Gasteiger charge is 2.10. The van der Waals surface area contributed by atoms with Gasteiger partial charge in [0.1, 0.15) is 11.5 Å². The predicted octanol–water partition coefficient (Wildman–Crippen LogP) is 2.01. The maximum atomic E-state index is 12.2. The van der Waals surface area contributed by atoms with Gasteiger partial charge < -0.3 is 5.73 Å². The average molecular weight is 320 g/mol. The summed E-state index contributed by atoms with van der Waals surface area (Å²) in [6, 6.07) is 12.6. The molecule has 0 aliphatic rings. The Morgan fingerprint density at radius 3 is 2.58 bits per heavy atom. The van der Waals surface area contributed by atoms with E-state index in [0.717, 1.165) is 5.56 Å². The van der Waals surface area contributed by atoms with Crippen molar-refractivity contribution in [3.05, 3.63) is 60.0 Å². The zero-order valence-corrected chi connectivity index (χ0v) is 13.1. The smallest absolute Gasteiger partial charge is 0.233 e. The van der Waals surface area contributed by atoms with Crippen LogP contribution in [0.5, 0.6) is 0 Å². The molecule has 120 valence electrons. The molecule has 7 nitrogen and oxygen atoms in total. The number of hydrogen-bond acceptors (Lipinski definition) is 6. The minimum atomic E-state index is -0.211. The zero-order valence-electron chi connectivity index (χ0n) is 13.1. The molecule has 2 heterocycles. The van der Waals surface area contributed by atoms with Crippen molar-refractivity contribution in [3.63, 3.8) is 0 Å². The summed E-state index contributed by atoms with van der Waals surface area (Å²) in [6.45, 7) is 1.74. The van der Waals surface area contributed by atoms with Gasteiger partial charge in [-0.2, -0.15) is 9.97 Å². The number of hydrogen-bond donors (Lipinski definition) is 2. The quantitative estimate of drug-likeness (QED) is 0.712. The van der Waals surface area contributed by atoms with Crippen LogP contribution in [0.3, 0.4) is 0 Å². The summed E-state index contributed by atoms with van der Waals surface area (Å²) in [5.41, 5.74) is 7.78. The molecule has 7 heteroatoms. The number of nitrogens with two attached hydrogens (primary N) is 1. The molecule has 2 aromatic heterocycles. The Bertz CT molecular complexity index is 849. The maximum absolute atomic E-state index is 12.2. The van der Waals surface area contributed by atoms with Crippen molar-refractivity contribution in [2.75, 3.05) is 11.1 Å². The van der Waals surface area contributed by atoms with Gasteiger partial charge in [0.15, 0.2) is 5.82 Å². The van der Waals surface area contributed by atoms with Crippen molar-refractivity contribution in [1.82, 2.24) is 19.9 Å². The number of aryl methyl sites for hydroxylation is 1. The number of benzene rings is 1. The highest BCUT2D eigenvalue weighted by molar-refractivity contribution is 5.90. The van der Waals surface area contributed by atoms with E-state index in [1.807, 2.05) is 24.3 Å². The van der Waals surface area contributed by atoms with Crippen LogP contribution in [0.25, 0.3) is 11.5 Å². The summed E-state index contributed by atoms with van der Waals surface area (Å²) in [6.07, 6.45) is 1.87. The van der Waals surface area contributed by atoms with E-state index >= 15 is 0 Å². The molecule has 0 radical (unpaired) electrons. The monoisotopic (exact) mass is 320 g/mol. The van der Waals surface area contributed by atoms with Gasteiger partial charge >= 0.3 is 0 Å². The average Bonchev–Trinajstić information content (AvgIpc) is 2.57. The van der Waals surface area contributed by atoms with Gasteiger partial charge in [0.25, 0.3) is 0 Å². The fourth-order valence-corrected chi connectivity index (χ4v) is 2.14. The standard InChI is InChI=1S/C17H16N6O/c1-11-20-16(14-4-2-3-9-19-14)23-17(21-11)22-15(24)10-12-5-7-13(18)8-6-12/h2-9H,10,18H2,1H3,(H,20,21,22,23,24). The van der Waals surface area contributed by atoms with Crippen LogP contribution < -0.4 is 11.1 Å². The molecule has 0 saturated carbocycles. The van der Waals surface area contributed by atoms with Crippen molar-refractivity contribution in [3.8, 4) is 11.5 Å². The highest BCUT2D eigenvalue weighted by Crippen LogP contribution is 2.13. The Morgan fingerprint density at radius 2 is 1.88 bits per heavy atom. The molecule has 3 aromatic rings. The fourth-order valence-electron chi connectivity index (χ4n) is 2.14. The lowest BCUT2D eigenvalue weighted by atomic mass is 10.1. The molecule has 0 atom stereocenters. The third-order valence-corrected chi connectivity index (χ3v) is 3.24. The molecule has 1 amide bonds.